The minimum atomic E-state index is -0.503. The van der Waals surface area contributed by atoms with E-state index in [1.165, 1.54) is 6.07 Å². The second-order valence-corrected chi connectivity index (χ2v) is 7.08. The lowest BCUT2D eigenvalue weighted by atomic mass is 10.1. The summed E-state index contributed by atoms with van der Waals surface area (Å²) in [4.78, 5) is 12.5. The minimum Gasteiger partial charge on any atom is -0.318 e. The largest absolute Gasteiger partial charge is 0.318 e. The molecule has 1 amide bonds. The van der Waals surface area contributed by atoms with Gasteiger partial charge in [0.05, 0.1) is 5.69 Å². The fourth-order valence-electron chi connectivity index (χ4n) is 3.52. The van der Waals surface area contributed by atoms with Gasteiger partial charge in [0.2, 0.25) is 0 Å². The van der Waals surface area contributed by atoms with E-state index < -0.39 is 11.7 Å². The van der Waals surface area contributed by atoms with E-state index in [1.807, 2.05) is 6.92 Å². The number of halogens is 1. The molecule has 0 bridgehead atoms. The van der Waals surface area contributed by atoms with Gasteiger partial charge in [0.15, 0.2) is 11.5 Å². The monoisotopic (exact) mass is 382 g/mol. The van der Waals surface area contributed by atoms with Gasteiger partial charge < -0.3 is 9.88 Å². The lowest BCUT2D eigenvalue weighted by Crippen LogP contribution is -2.13. The van der Waals surface area contributed by atoms with Crippen molar-refractivity contribution in [2.24, 2.45) is 0 Å². The molecule has 0 unspecified atom stereocenters. The normalized spacial score (nSPS) is 13.8. The summed E-state index contributed by atoms with van der Waals surface area (Å²) in [6.07, 6.45) is 5.99. The van der Waals surface area contributed by atoms with Gasteiger partial charge in [0, 0.05) is 24.2 Å². The Morgan fingerprint density at radius 2 is 2.14 bits per heavy atom. The fourth-order valence-corrected chi connectivity index (χ4v) is 3.52. The van der Waals surface area contributed by atoms with E-state index in [0.717, 1.165) is 62.2 Å². The predicted octanol–water partition coefficient (Wildman–Crippen LogP) is 3.74. The molecular weight excluding hydrogens is 359 g/mol. The summed E-state index contributed by atoms with van der Waals surface area (Å²) in [5, 5.41) is 18.1. The molecule has 28 heavy (non-hydrogen) atoms. The van der Waals surface area contributed by atoms with Crippen LogP contribution in [0.3, 0.4) is 0 Å². The van der Waals surface area contributed by atoms with Crippen molar-refractivity contribution in [3.8, 4) is 11.4 Å². The number of anilines is 1. The highest BCUT2D eigenvalue weighted by Crippen LogP contribution is 2.26. The average molecular weight is 382 g/mol. The molecule has 2 aromatic heterocycles. The number of aromatic amines is 1. The molecule has 0 radical (unpaired) electrons. The number of fused-ring (bicyclic) bond motifs is 1. The third kappa shape index (κ3) is 3.67. The molecule has 0 saturated heterocycles. The van der Waals surface area contributed by atoms with Gasteiger partial charge in [-0.25, -0.2) is 4.39 Å². The number of H-pyrrole nitrogens is 1. The Morgan fingerprint density at radius 1 is 1.25 bits per heavy atom. The highest BCUT2D eigenvalue weighted by Gasteiger charge is 2.18. The van der Waals surface area contributed by atoms with E-state index in [9.17, 15) is 9.18 Å². The number of carbonyl (C=O) groups excluding carboxylic acids is 1. The van der Waals surface area contributed by atoms with E-state index >= 15 is 0 Å². The van der Waals surface area contributed by atoms with Crippen molar-refractivity contribution in [3.05, 3.63) is 47.3 Å². The summed E-state index contributed by atoms with van der Waals surface area (Å²) >= 11 is 0. The van der Waals surface area contributed by atoms with Gasteiger partial charge in [-0.05, 0) is 43.5 Å². The topological polar surface area (TPSA) is 88.5 Å². The fraction of sp³-hybridized carbons (Fsp3) is 0.400. The number of carbonyl (C=O) groups is 1. The van der Waals surface area contributed by atoms with Crippen LogP contribution in [-0.4, -0.2) is 30.9 Å². The molecule has 0 saturated carbocycles. The van der Waals surface area contributed by atoms with Crippen LogP contribution in [0.25, 0.3) is 11.4 Å². The number of nitrogens with one attached hydrogen (secondary N) is 2. The lowest BCUT2D eigenvalue weighted by Gasteiger charge is -2.10. The predicted molar refractivity (Wildman–Crippen MR) is 104 cm³/mol. The maximum Gasteiger partial charge on any atom is 0.276 e. The highest BCUT2D eigenvalue weighted by atomic mass is 19.1. The van der Waals surface area contributed by atoms with Crippen LogP contribution in [0, 0.1) is 5.82 Å². The molecule has 2 N–H and O–H groups in total. The molecule has 7 nitrogen and oxygen atoms in total. The molecule has 1 aromatic carbocycles. The number of aromatic nitrogens is 5. The number of rotatable bonds is 5. The number of hydrogen-bond donors (Lipinski definition) is 2. The molecule has 0 aliphatic carbocycles. The number of nitrogens with zero attached hydrogens (tertiary/aromatic N) is 4. The van der Waals surface area contributed by atoms with E-state index in [2.05, 4.69) is 30.3 Å². The van der Waals surface area contributed by atoms with Crippen molar-refractivity contribution < 1.29 is 9.18 Å². The molecule has 8 heteroatoms. The smallest absolute Gasteiger partial charge is 0.276 e. The van der Waals surface area contributed by atoms with Gasteiger partial charge in [-0.2, -0.15) is 5.10 Å². The Labute approximate surface area is 162 Å². The summed E-state index contributed by atoms with van der Waals surface area (Å²) in [7, 11) is 0. The van der Waals surface area contributed by atoms with Crippen molar-refractivity contribution in [2.75, 3.05) is 5.32 Å². The van der Waals surface area contributed by atoms with Crippen LogP contribution in [0.5, 0.6) is 0 Å². The van der Waals surface area contributed by atoms with Crippen LogP contribution < -0.4 is 5.32 Å². The van der Waals surface area contributed by atoms with Gasteiger partial charge >= 0.3 is 0 Å². The molecule has 1 aliphatic rings. The Balaban J connectivity index is 1.59. The van der Waals surface area contributed by atoms with Crippen LogP contribution >= 0.6 is 0 Å². The zero-order chi connectivity index (χ0) is 19.5. The van der Waals surface area contributed by atoms with Crippen LogP contribution in [0.2, 0.25) is 0 Å². The standard InChI is InChI=1S/C20H23FN6O/c1-2-6-14-12-17(24-23-14)20(28)22-16-11-13(8-9-15(16)21)19-26-25-18-7-4-3-5-10-27(18)19/h8-9,11-12H,2-7,10H2,1H3,(H,22,28)(H,23,24). The second kappa shape index (κ2) is 7.92. The van der Waals surface area contributed by atoms with Crippen LogP contribution in [0.15, 0.2) is 24.3 Å². The van der Waals surface area contributed by atoms with Crippen LogP contribution in [0.1, 0.15) is 54.6 Å². The van der Waals surface area contributed by atoms with Crippen molar-refractivity contribution in [1.29, 1.82) is 0 Å². The minimum absolute atomic E-state index is 0.105. The number of aryl methyl sites for hydroxylation is 2. The van der Waals surface area contributed by atoms with Crippen LogP contribution in [-0.2, 0) is 19.4 Å². The Bertz CT molecular complexity index is 992. The third-order valence-corrected chi connectivity index (χ3v) is 4.97. The third-order valence-electron chi connectivity index (χ3n) is 4.97. The van der Waals surface area contributed by atoms with Crippen molar-refractivity contribution in [3.63, 3.8) is 0 Å². The molecule has 0 atom stereocenters. The Kier molecular flexibility index (Phi) is 5.18. The second-order valence-electron chi connectivity index (χ2n) is 7.08. The first-order valence-corrected chi connectivity index (χ1v) is 9.73. The SMILES string of the molecule is CCCc1cc(C(=O)Nc2cc(-c3nnc4n3CCCCC4)ccc2F)n[nH]1. The van der Waals surface area contributed by atoms with Crippen molar-refractivity contribution >= 4 is 11.6 Å². The van der Waals surface area contributed by atoms with Crippen LogP contribution in [0.4, 0.5) is 10.1 Å². The number of amides is 1. The lowest BCUT2D eigenvalue weighted by molar-refractivity contribution is 0.102. The molecule has 3 aromatic rings. The van der Waals surface area contributed by atoms with Gasteiger partial charge in [-0.1, -0.05) is 19.8 Å². The maximum atomic E-state index is 14.3. The summed E-state index contributed by atoms with van der Waals surface area (Å²) in [5.74, 6) is 0.714. The molecule has 0 fully saturated rings. The van der Waals surface area contributed by atoms with Crippen molar-refractivity contribution in [2.45, 2.75) is 52.0 Å². The van der Waals surface area contributed by atoms with E-state index in [4.69, 9.17) is 0 Å². The van der Waals surface area contributed by atoms with Crippen molar-refractivity contribution in [1.82, 2.24) is 25.0 Å². The van der Waals surface area contributed by atoms with Gasteiger partial charge in [-0.3, -0.25) is 9.89 Å². The number of hydrogen-bond acceptors (Lipinski definition) is 4. The van der Waals surface area contributed by atoms with E-state index in [-0.39, 0.29) is 11.4 Å². The Hall–Kier alpha value is -3.03. The first-order valence-electron chi connectivity index (χ1n) is 9.73. The molecule has 1 aliphatic heterocycles. The summed E-state index contributed by atoms with van der Waals surface area (Å²) < 4.78 is 16.4. The zero-order valence-corrected chi connectivity index (χ0v) is 15.8. The molecular formula is C20H23FN6O. The molecule has 3 heterocycles. The van der Waals surface area contributed by atoms with Gasteiger partial charge in [-0.15, -0.1) is 10.2 Å². The number of benzene rings is 1. The first kappa shape index (κ1) is 18.3. The quantitative estimate of drug-likeness (QED) is 0.704. The first-order chi connectivity index (χ1) is 13.7. The molecule has 146 valence electrons. The maximum absolute atomic E-state index is 14.3. The zero-order valence-electron chi connectivity index (χ0n) is 15.8. The van der Waals surface area contributed by atoms with Gasteiger partial charge in [0.25, 0.3) is 5.91 Å². The average Bonchev–Trinajstić information content (AvgIpc) is 3.25. The molecule has 4 rings (SSSR count). The highest BCUT2D eigenvalue weighted by molar-refractivity contribution is 6.03. The Morgan fingerprint density at radius 3 is 3.00 bits per heavy atom. The summed E-state index contributed by atoms with van der Waals surface area (Å²) in [5.41, 5.74) is 1.96. The summed E-state index contributed by atoms with van der Waals surface area (Å²) in [6, 6.07) is 6.31. The van der Waals surface area contributed by atoms with E-state index in [1.54, 1.807) is 18.2 Å². The van der Waals surface area contributed by atoms with E-state index in [0.29, 0.717) is 5.82 Å². The van der Waals surface area contributed by atoms with Gasteiger partial charge in [0.1, 0.15) is 11.6 Å². The molecule has 0 spiro atoms. The summed E-state index contributed by atoms with van der Waals surface area (Å²) in [6.45, 7) is 2.90.